The molecule has 2 unspecified atom stereocenters. The van der Waals surface area contributed by atoms with Crippen LogP contribution in [0.3, 0.4) is 0 Å². The molecular formula is C17H22O5. The Kier molecular flexibility index (Phi) is 5.41. The van der Waals surface area contributed by atoms with Crippen LogP contribution < -0.4 is 4.74 Å². The van der Waals surface area contributed by atoms with E-state index < -0.39 is 12.1 Å². The Balaban J connectivity index is 1.97. The highest BCUT2D eigenvalue weighted by atomic mass is 16.6. The smallest absolute Gasteiger partial charge is 0.347 e. The van der Waals surface area contributed by atoms with Gasteiger partial charge in [-0.05, 0) is 30.4 Å². The number of carbonyl (C=O) groups excluding carboxylic acids is 2. The molecule has 1 aliphatic rings. The van der Waals surface area contributed by atoms with Gasteiger partial charge in [0.25, 0.3) is 0 Å². The first kappa shape index (κ1) is 16.3. The minimum absolute atomic E-state index is 0.0545. The molecule has 5 heteroatoms. The van der Waals surface area contributed by atoms with E-state index in [1.807, 2.05) is 31.2 Å². The molecular weight excluding hydrogens is 284 g/mol. The Morgan fingerprint density at radius 1 is 1.23 bits per heavy atom. The van der Waals surface area contributed by atoms with Crippen molar-refractivity contribution in [2.45, 2.75) is 38.2 Å². The van der Waals surface area contributed by atoms with Gasteiger partial charge in [-0.2, -0.15) is 0 Å². The van der Waals surface area contributed by atoms with E-state index in [0.29, 0.717) is 0 Å². The number of ether oxygens (including phenoxy) is 3. The minimum atomic E-state index is -0.762. The highest BCUT2D eigenvalue weighted by Crippen LogP contribution is 2.36. The Labute approximate surface area is 130 Å². The summed E-state index contributed by atoms with van der Waals surface area (Å²) < 4.78 is 15.3. The number of methoxy groups -OCH3 is 2. The fraction of sp³-hybridized carbons (Fsp3) is 0.529. The molecule has 1 saturated carbocycles. The molecule has 0 aliphatic heterocycles. The molecule has 1 aromatic carbocycles. The Morgan fingerprint density at radius 3 is 2.50 bits per heavy atom. The molecule has 0 heterocycles. The molecule has 0 N–H and O–H groups in total. The van der Waals surface area contributed by atoms with Crippen molar-refractivity contribution < 1.29 is 23.8 Å². The van der Waals surface area contributed by atoms with Gasteiger partial charge in [0.2, 0.25) is 6.10 Å². The molecule has 0 aromatic heterocycles. The number of rotatable bonds is 7. The quantitative estimate of drug-likeness (QED) is 0.725. The summed E-state index contributed by atoms with van der Waals surface area (Å²) in [6.45, 7) is 1.93. The van der Waals surface area contributed by atoms with Crippen molar-refractivity contribution in [3.8, 4) is 5.75 Å². The molecule has 0 saturated heterocycles. The van der Waals surface area contributed by atoms with Crippen LogP contribution in [0.4, 0.5) is 0 Å². The topological polar surface area (TPSA) is 61.8 Å². The number of hydrogen-bond donors (Lipinski definition) is 0. The van der Waals surface area contributed by atoms with Gasteiger partial charge in [-0.15, -0.1) is 0 Å². The van der Waals surface area contributed by atoms with E-state index in [0.717, 1.165) is 24.2 Å². The van der Waals surface area contributed by atoms with Gasteiger partial charge >= 0.3 is 11.9 Å². The van der Waals surface area contributed by atoms with Crippen molar-refractivity contribution in [1.82, 2.24) is 0 Å². The highest BCUT2D eigenvalue weighted by molar-refractivity contribution is 5.80. The van der Waals surface area contributed by atoms with Crippen LogP contribution in [0.25, 0.3) is 0 Å². The van der Waals surface area contributed by atoms with Gasteiger partial charge in [-0.3, -0.25) is 4.79 Å². The van der Waals surface area contributed by atoms with Crippen molar-refractivity contribution in [3.63, 3.8) is 0 Å². The van der Waals surface area contributed by atoms with Gasteiger partial charge in [0.15, 0.2) is 0 Å². The van der Waals surface area contributed by atoms with E-state index >= 15 is 0 Å². The van der Waals surface area contributed by atoms with Gasteiger partial charge in [-0.25, -0.2) is 4.79 Å². The van der Waals surface area contributed by atoms with E-state index in [4.69, 9.17) is 14.2 Å². The molecule has 2 atom stereocenters. The van der Waals surface area contributed by atoms with Gasteiger partial charge in [0, 0.05) is 5.92 Å². The van der Waals surface area contributed by atoms with Crippen LogP contribution >= 0.6 is 0 Å². The van der Waals surface area contributed by atoms with E-state index in [-0.39, 0.29) is 24.2 Å². The third kappa shape index (κ3) is 4.00. The van der Waals surface area contributed by atoms with Gasteiger partial charge in [0.1, 0.15) is 5.75 Å². The highest BCUT2D eigenvalue weighted by Gasteiger charge is 2.40. The van der Waals surface area contributed by atoms with E-state index in [9.17, 15) is 9.59 Å². The maximum absolute atomic E-state index is 12.1. The zero-order valence-corrected chi connectivity index (χ0v) is 13.2. The van der Waals surface area contributed by atoms with E-state index in [1.54, 1.807) is 7.11 Å². The van der Waals surface area contributed by atoms with Crippen LogP contribution in [0, 0.1) is 5.92 Å². The maximum Gasteiger partial charge on any atom is 0.347 e. The molecule has 0 radical (unpaired) electrons. The van der Waals surface area contributed by atoms with Crippen LogP contribution in [0.1, 0.15) is 37.7 Å². The number of benzene rings is 1. The molecule has 2 rings (SSSR count). The van der Waals surface area contributed by atoms with Gasteiger partial charge in [0.05, 0.1) is 20.6 Å². The lowest BCUT2D eigenvalue weighted by atomic mass is 9.97. The van der Waals surface area contributed by atoms with Crippen LogP contribution in [-0.2, 0) is 19.1 Å². The normalized spacial score (nSPS) is 16.5. The Morgan fingerprint density at radius 2 is 1.91 bits per heavy atom. The number of hydrogen-bond acceptors (Lipinski definition) is 5. The maximum atomic E-state index is 12.1. The summed E-state index contributed by atoms with van der Waals surface area (Å²) in [7, 11) is 2.91. The fourth-order valence-corrected chi connectivity index (χ4v) is 2.48. The fourth-order valence-electron chi connectivity index (χ4n) is 2.48. The van der Waals surface area contributed by atoms with Gasteiger partial charge < -0.3 is 14.2 Å². The SMILES string of the molecule is COC(=O)C(OC(=O)CC(C)c1ccccc1OC)C1CC1. The first-order valence-corrected chi connectivity index (χ1v) is 7.47. The molecule has 1 aliphatic carbocycles. The third-order valence-electron chi connectivity index (χ3n) is 3.88. The van der Waals surface area contributed by atoms with Crippen LogP contribution in [0.15, 0.2) is 24.3 Å². The van der Waals surface area contributed by atoms with Gasteiger partial charge in [-0.1, -0.05) is 25.1 Å². The summed E-state index contributed by atoms with van der Waals surface area (Å²) in [5.41, 5.74) is 0.947. The molecule has 5 nitrogen and oxygen atoms in total. The summed E-state index contributed by atoms with van der Waals surface area (Å²) in [6, 6.07) is 7.57. The molecule has 1 aromatic rings. The third-order valence-corrected chi connectivity index (χ3v) is 3.88. The lowest BCUT2D eigenvalue weighted by Gasteiger charge is -2.18. The average molecular weight is 306 g/mol. The summed E-state index contributed by atoms with van der Waals surface area (Å²) >= 11 is 0. The molecule has 22 heavy (non-hydrogen) atoms. The number of para-hydroxylation sites is 1. The van der Waals surface area contributed by atoms with Crippen molar-refractivity contribution in [2.75, 3.05) is 14.2 Å². The number of carbonyl (C=O) groups is 2. The second-order valence-corrected chi connectivity index (χ2v) is 5.62. The molecule has 0 amide bonds. The average Bonchev–Trinajstić information content (AvgIpc) is 3.36. The lowest BCUT2D eigenvalue weighted by molar-refractivity contribution is -0.167. The zero-order chi connectivity index (χ0) is 16.1. The summed E-state index contributed by atoms with van der Waals surface area (Å²) in [6.07, 6.45) is 1.23. The van der Waals surface area contributed by atoms with E-state index in [2.05, 4.69) is 0 Å². The largest absolute Gasteiger partial charge is 0.496 e. The lowest BCUT2D eigenvalue weighted by Crippen LogP contribution is -2.30. The molecule has 1 fully saturated rings. The minimum Gasteiger partial charge on any atom is -0.496 e. The van der Waals surface area contributed by atoms with Crippen molar-refractivity contribution in [1.29, 1.82) is 0 Å². The predicted octanol–water partition coefficient (Wildman–Crippen LogP) is 2.68. The summed E-state index contributed by atoms with van der Waals surface area (Å²) in [5.74, 6) is -0.0601. The molecule has 0 bridgehead atoms. The Bertz CT molecular complexity index is 536. The molecule has 0 spiro atoms. The standard InChI is InChI=1S/C17H22O5/c1-11(13-6-4-5-7-14(13)20-2)10-15(18)22-16(12-8-9-12)17(19)21-3/h4-7,11-12,16H,8-10H2,1-3H3. The summed E-state index contributed by atoms with van der Waals surface area (Å²) in [4.78, 5) is 23.8. The van der Waals surface area contributed by atoms with Crippen LogP contribution in [0.2, 0.25) is 0 Å². The van der Waals surface area contributed by atoms with Crippen molar-refractivity contribution >= 4 is 11.9 Å². The number of esters is 2. The monoisotopic (exact) mass is 306 g/mol. The molecule has 120 valence electrons. The zero-order valence-electron chi connectivity index (χ0n) is 13.2. The van der Waals surface area contributed by atoms with Crippen LogP contribution in [-0.4, -0.2) is 32.3 Å². The predicted molar refractivity (Wildman–Crippen MR) is 80.6 cm³/mol. The second-order valence-electron chi connectivity index (χ2n) is 5.62. The first-order chi connectivity index (χ1) is 10.6. The second kappa shape index (κ2) is 7.29. The first-order valence-electron chi connectivity index (χ1n) is 7.47. The Hall–Kier alpha value is -2.04. The van der Waals surface area contributed by atoms with Crippen molar-refractivity contribution in [2.24, 2.45) is 5.92 Å². The summed E-state index contributed by atoms with van der Waals surface area (Å²) in [5, 5.41) is 0. The van der Waals surface area contributed by atoms with Crippen LogP contribution in [0.5, 0.6) is 5.75 Å². The van der Waals surface area contributed by atoms with E-state index in [1.165, 1.54) is 7.11 Å². The van der Waals surface area contributed by atoms with Crippen molar-refractivity contribution in [3.05, 3.63) is 29.8 Å².